The van der Waals surface area contributed by atoms with Crippen LogP contribution in [-0.2, 0) is 4.74 Å². The number of nitrogens with one attached hydrogen (secondary N) is 2. The van der Waals surface area contributed by atoms with E-state index in [2.05, 4.69) is 30.6 Å². The summed E-state index contributed by atoms with van der Waals surface area (Å²) in [5.74, 6) is 7.10. The Hall–Kier alpha value is -1.67. The van der Waals surface area contributed by atoms with E-state index in [4.69, 9.17) is 10.6 Å². The van der Waals surface area contributed by atoms with Crippen molar-refractivity contribution in [2.75, 3.05) is 41.9 Å². The number of ether oxygens (including phenoxy) is 1. The van der Waals surface area contributed by atoms with Crippen molar-refractivity contribution in [2.45, 2.75) is 38.2 Å². The first-order chi connectivity index (χ1) is 10.3. The Morgan fingerprint density at radius 3 is 2.67 bits per heavy atom. The average molecular weight is 293 g/mol. The van der Waals surface area contributed by atoms with Gasteiger partial charge in [0.2, 0.25) is 17.8 Å². The molecule has 8 nitrogen and oxygen atoms in total. The third-order valence-corrected chi connectivity index (χ3v) is 3.92. The summed E-state index contributed by atoms with van der Waals surface area (Å²) in [5, 5.41) is 3.25. The molecule has 2 saturated heterocycles. The normalized spacial score (nSPS) is 21.8. The molecule has 116 valence electrons. The Kier molecular flexibility index (Phi) is 4.66. The van der Waals surface area contributed by atoms with Gasteiger partial charge in [0.1, 0.15) is 0 Å². The van der Waals surface area contributed by atoms with E-state index in [1.54, 1.807) is 0 Å². The lowest BCUT2D eigenvalue weighted by Crippen LogP contribution is -2.23. The molecule has 0 saturated carbocycles. The second-order valence-corrected chi connectivity index (χ2v) is 5.47. The van der Waals surface area contributed by atoms with Crippen LogP contribution in [-0.4, -0.2) is 47.3 Å². The minimum absolute atomic E-state index is 0.365. The molecule has 0 amide bonds. The van der Waals surface area contributed by atoms with Gasteiger partial charge in [-0.3, -0.25) is 5.43 Å². The van der Waals surface area contributed by atoms with Gasteiger partial charge in [-0.2, -0.15) is 15.0 Å². The lowest BCUT2D eigenvalue weighted by Gasteiger charge is -2.17. The van der Waals surface area contributed by atoms with Gasteiger partial charge in [-0.1, -0.05) is 0 Å². The van der Waals surface area contributed by atoms with Crippen molar-refractivity contribution in [3.8, 4) is 0 Å². The monoisotopic (exact) mass is 293 g/mol. The molecular formula is C13H23N7O. The molecule has 0 spiro atoms. The molecule has 2 aliphatic heterocycles. The van der Waals surface area contributed by atoms with Crippen molar-refractivity contribution in [2.24, 2.45) is 5.84 Å². The van der Waals surface area contributed by atoms with Crippen molar-refractivity contribution < 1.29 is 4.74 Å². The van der Waals surface area contributed by atoms with Gasteiger partial charge >= 0.3 is 0 Å². The van der Waals surface area contributed by atoms with Crippen molar-refractivity contribution in [1.29, 1.82) is 0 Å². The SMILES string of the molecule is NNc1nc(NCCC2CCCO2)nc(N2CCCC2)n1. The zero-order valence-electron chi connectivity index (χ0n) is 12.2. The number of nitrogen functional groups attached to an aromatic ring is 1. The van der Waals surface area contributed by atoms with Crippen LogP contribution < -0.4 is 21.5 Å². The van der Waals surface area contributed by atoms with Crippen molar-refractivity contribution in [1.82, 2.24) is 15.0 Å². The molecule has 1 aromatic heterocycles. The molecule has 3 heterocycles. The summed E-state index contributed by atoms with van der Waals surface area (Å²) in [6.45, 7) is 3.65. The largest absolute Gasteiger partial charge is 0.378 e. The minimum Gasteiger partial charge on any atom is -0.378 e. The van der Waals surface area contributed by atoms with Gasteiger partial charge in [0.15, 0.2) is 0 Å². The van der Waals surface area contributed by atoms with E-state index >= 15 is 0 Å². The Balaban J connectivity index is 1.61. The topological polar surface area (TPSA) is 101 Å². The van der Waals surface area contributed by atoms with E-state index in [0.717, 1.165) is 45.5 Å². The molecule has 0 aromatic carbocycles. The first-order valence-corrected chi connectivity index (χ1v) is 7.68. The summed E-state index contributed by atoms with van der Waals surface area (Å²) < 4.78 is 5.61. The van der Waals surface area contributed by atoms with E-state index in [0.29, 0.717) is 23.9 Å². The van der Waals surface area contributed by atoms with E-state index in [1.165, 1.54) is 12.8 Å². The van der Waals surface area contributed by atoms with Crippen LogP contribution >= 0.6 is 0 Å². The maximum absolute atomic E-state index is 5.61. The highest BCUT2D eigenvalue weighted by Gasteiger charge is 2.18. The highest BCUT2D eigenvalue weighted by atomic mass is 16.5. The molecule has 0 radical (unpaired) electrons. The lowest BCUT2D eigenvalue weighted by atomic mass is 10.2. The molecule has 8 heteroatoms. The van der Waals surface area contributed by atoms with Gasteiger partial charge < -0.3 is 15.0 Å². The minimum atomic E-state index is 0.365. The standard InChI is InChI=1S/C13H23N7O/c14-19-12-16-11(15-6-5-10-4-3-9-21-10)17-13(18-12)20-7-1-2-8-20/h10H,1-9,14H2,(H2,15,16,17,18,19). The van der Waals surface area contributed by atoms with Crippen molar-refractivity contribution >= 4 is 17.8 Å². The highest BCUT2D eigenvalue weighted by molar-refractivity contribution is 5.43. The Morgan fingerprint density at radius 1 is 1.14 bits per heavy atom. The highest BCUT2D eigenvalue weighted by Crippen LogP contribution is 2.19. The number of hydrazine groups is 1. The number of hydrogen-bond acceptors (Lipinski definition) is 8. The average Bonchev–Trinajstić information content (AvgIpc) is 3.20. The van der Waals surface area contributed by atoms with E-state index in [1.807, 2.05) is 0 Å². The van der Waals surface area contributed by atoms with Crippen LogP contribution in [0.2, 0.25) is 0 Å². The van der Waals surface area contributed by atoms with Gasteiger partial charge in [-0.15, -0.1) is 0 Å². The fourth-order valence-electron chi connectivity index (χ4n) is 2.78. The number of rotatable bonds is 6. The quantitative estimate of drug-likeness (QED) is 0.521. The van der Waals surface area contributed by atoms with Gasteiger partial charge in [0.25, 0.3) is 0 Å². The summed E-state index contributed by atoms with van der Waals surface area (Å²) in [5.41, 5.74) is 2.51. The zero-order chi connectivity index (χ0) is 14.5. The zero-order valence-corrected chi connectivity index (χ0v) is 12.2. The molecular weight excluding hydrogens is 270 g/mol. The molecule has 2 aliphatic rings. The van der Waals surface area contributed by atoms with Crippen LogP contribution in [0.15, 0.2) is 0 Å². The van der Waals surface area contributed by atoms with Crippen LogP contribution in [0.25, 0.3) is 0 Å². The molecule has 1 unspecified atom stereocenters. The summed E-state index contributed by atoms with van der Waals surface area (Å²) in [6, 6.07) is 0. The third-order valence-electron chi connectivity index (χ3n) is 3.92. The van der Waals surface area contributed by atoms with Gasteiger partial charge in [-0.25, -0.2) is 5.84 Å². The second-order valence-electron chi connectivity index (χ2n) is 5.47. The Bertz CT molecular complexity index is 458. The van der Waals surface area contributed by atoms with Gasteiger partial charge in [-0.05, 0) is 32.1 Å². The fourth-order valence-corrected chi connectivity index (χ4v) is 2.78. The second kappa shape index (κ2) is 6.86. The van der Waals surface area contributed by atoms with E-state index < -0.39 is 0 Å². The Morgan fingerprint density at radius 2 is 1.95 bits per heavy atom. The number of aromatic nitrogens is 3. The van der Waals surface area contributed by atoms with Crippen LogP contribution in [0.5, 0.6) is 0 Å². The predicted molar refractivity (Wildman–Crippen MR) is 81.2 cm³/mol. The van der Waals surface area contributed by atoms with Crippen LogP contribution in [0.3, 0.4) is 0 Å². The molecule has 1 aromatic rings. The summed E-state index contributed by atoms with van der Waals surface area (Å²) in [4.78, 5) is 15.2. The smallest absolute Gasteiger partial charge is 0.243 e. The summed E-state index contributed by atoms with van der Waals surface area (Å²) >= 11 is 0. The van der Waals surface area contributed by atoms with Crippen LogP contribution in [0.1, 0.15) is 32.1 Å². The number of hydrogen-bond donors (Lipinski definition) is 3. The number of nitrogens with two attached hydrogens (primary N) is 1. The van der Waals surface area contributed by atoms with Crippen molar-refractivity contribution in [3.63, 3.8) is 0 Å². The molecule has 2 fully saturated rings. The number of anilines is 3. The third kappa shape index (κ3) is 3.70. The maximum atomic E-state index is 5.61. The van der Waals surface area contributed by atoms with Crippen LogP contribution in [0, 0.1) is 0 Å². The molecule has 0 aliphatic carbocycles. The van der Waals surface area contributed by atoms with Crippen LogP contribution in [0.4, 0.5) is 17.8 Å². The first kappa shape index (κ1) is 14.3. The van der Waals surface area contributed by atoms with E-state index in [9.17, 15) is 0 Å². The summed E-state index contributed by atoms with van der Waals surface area (Å²) in [6.07, 6.45) is 6.00. The fraction of sp³-hybridized carbons (Fsp3) is 0.769. The Labute approximate surface area is 124 Å². The lowest BCUT2D eigenvalue weighted by molar-refractivity contribution is 0.107. The summed E-state index contributed by atoms with van der Waals surface area (Å²) in [7, 11) is 0. The molecule has 21 heavy (non-hydrogen) atoms. The predicted octanol–water partition coefficient (Wildman–Crippen LogP) is 0.738. The molecule has 0 bridgehead atoms. The van der Waals surface area contributed by atoms with Gasteiger partial charge in [0.05, 0.1) is 6.10 Å². The molecule has 1 atom stereocenters. The molecule has 4 N–H and O–H groups in total. The van der Waals surface area contributed by atoms with E-state index in [-0.39, 0.29) is 0 Å². The first-order valence-electron chi connectivity index (χ1n) is 7.68. The number of nitrogens with zero attached hydrogens (tertiary/aromatic N) is 4. The van der Waals surface area contributed by atoms with Crippen molar-refractivity contribution in [3.05, 3.63) is 0 Å². The molecule has 3 rings (SSSR count). The maximum Gasteiger partial charge on any atom is 0.243 e. The van der Waals surface area contributed by atoms with Gasteiger partial charge in [0, 0.05) is 26.2 Å².